The number of hydrogen-bond donors (Lipinski definition) is 2. The molecule has 1 unspecified atom stereocenters. The van der Waals surface area contributed by atoms with Gasteiger partial charge in [-0.15, -0.1) is 12.4 Å². The molecule has 0 aliphatic carbocycles. The van der Waals surface area contributed by atoms with Crippen LogP contribution in [-0.2, 0) is 11.2 Å². The fraction of sp³-hybridized carbons (Fsp3) is 0.500. The molecule has 1 amide bonds. The maximum absolute atomic E-state index is 13.4. The Bertz CT molecular complexity index is 451. The summed E-state index contributed by atoms with van der Waals surface area (Å²) in [7, 11) is 0. The summed E-state index contributed by atoms with van der Waals surface area (Å²) >= 11 is 0. The van der Waals surface area contributed by atoms with Crippen molar-refractivity contribution in [2.24, 2.45) is 5.92 Å². The normalized spacial score (nSPS) is 18.2. The highest BCUT2D eigenvalue weighted by Crippen LogP contribution is 2.11. The number of carbonyl (C=O) groups is 1. The minimum atomic E-state index is -0.545. The first-order valence-corrected chi connectivity index (χ1v) is 6.56. The molecule has 0 saturated carbocycles. The Morgan fingerprint density at radius 1 is 1.40 bits per heavy atom. The maximum Gasteiger partial charge on any atom is 0.224 e. The molecule has 1 aliphatic heterocycles. The van der Waals surface area contributed by atoms with E-state index in [1.54, 1.807) is 0 Å². The lowest BCUT2D eigenvalue weighted by Gasteiger charge is -2.22. The fourth-order valence-corrected chi connectivity index (χ4v) is 2.27. The highest BCUT2D eigenvalue weighted by molar-refractivity contribution is 5.85. The van der Waals surface area contributed by atoms with Crippen molar-refractivity contribution < 1.29 is 13.6 Å². The lowest BCUT2D eigenvalue weighted by atomic mass is 9.99. The zero-order valence-corrected chi connectivity index (χ0v) is 11.9. The van der Waals surface area contributed by atoms with E-state index in [4.69, 9.17) is 0 Å². The van der Waals surface area contributed by atoms with Crippen molar-refractivity contribution in [1.82, 2.24) is 10.6 Å². The summed E-state index contributed by atoms with van der Waals surface area (Å²) in [5.74, 6) is -0.915. The van der Waals surface area contributed by atoms with E-state index in [0.29, 0.717) is 12.5 Å². The molecule has 0 spiro atoms. The Hall–Kier alpha value is -1.20. The van der Waals surface area contributed by atoms with Crippen molar-refractivity contribution in [3.05, 3.63) is 35.4 Å². The largest absolute Gasteiger partial charge is 0.355 e. The summed E-state index contributed by atoms with van der Waals surface area (Å²) in [4.78, 5) is 11.7. The van der Waals surface area contributed by atoms with E-state index in [1.807, 2.05) is 0 Å². The molecule has 3 nitrogen and oxygen atoms in total. The number of carbonyl (C=O) groups excluding carboxylic acids is 1. The first-order valence-electron chi connectivity index (χ1n) is 6.56. The van der Waals surface area contributed by atoms with Crippen LogP contribution in [0.4, 0.5) is 8.78 Å². The average Bonchev–Trinajstić information content (AvgIpc) is 2.42. The molecule has 0 bridgehead atoms. The zero-order chi connectivity index (χ0) is 13.7. The molecule has 1 atom stereocenters. The van der Waals surface area contributed by atoms with Gasteiger partial charge in [0, 0.05) is 12.1 Å². The van der Waals surface area contributed by atoms with Crippen molar-refractivity contribution >= 4 is 18.3 Å². The van der Waals surface area contributed by atoms with Gasteiger partial charge in [0.05, 0.1) is 6.42 Å². The molecule has 0 aromatic heterocycles. The molecule has 1 heterocycles. The van der Waals surface area contributed by atoms with Gasteiger partial charge in [0.25, 0.3) is 0 Å². The van der Waals surface area contributed by atoms with Gasteiger partial charge in [-0.1, -0.05) is 0 Å². The molecule has 1 fully saturated rings. The molecule has 1 aromatic rings. The van der Waals surface area contributed by atoms with Crippen LogP contribution in [0, 0.1) is 17.6 Å². The zero-order valence-electron chi connectivity index (χ0n) is 11.1. The SMILES string of the molecule is Cl.O=C(Cc1cc(F)ccc1F)NCC1CCCNC1. The predicted molar refractivity (Wildman–Crippen MR) is 75.9 cm³/mol. The molecule has 20 heavy (non-hydrogen) atoms. The van der Waals surface area contributed by atoms with E-state index in [1.165, 1.54) is 0 Å². The number of amides is 1. The maximum atomic E-state index is 13.4. The van der Waals surface area contributed by atoms with Crippen LogP contribution < -0.4 is 10.6 Å². The third-order valence-electron chi connectivity index (χ3n) is 3.35. The van der Waals surface area contributed by atoms with Gasteiger partial charge in [0.2, 0.25) is 5.91 Å². The van der Waals surface area contributed by atoms with Crippen LogP contribution in [0.2, 0.25) is 0 Å². The van der Waals surface area contributed by atoms with Gasteiger partial charge in [-0.05, 0) is 50.0 Å². The third kappa shape index (κ3) is 5.06. The van der Waals surface area contributed by atoms with Crippen LogP contribution in [0.25, 0.3) is 0 Å². The number of rotatable bonds is 4. The molecule has 0 radical (unpaired) electrons. The number of nitrogens with one attached hydrogen (secondary N) is 2. The summed E-state index contributed by atoms with van der Waals surface area (Å²) in [5.41, 5.74) is 0.0965. The predicted octanol–water partition coefficient (Wildman–Crippen LogP) is 2.04. The monoisotopic (exact) mass is 304 g/mol. The summed E-state index contributed by atoms with van der Waals surface area (Å²) < 4.78 is 26.3. The van der Waals surface area contributed by atoms with E-state index < -0.39 is 11.6 Å². The van der Waals surface area contributed by atoms with Crippen molar-refractivity contribution in [1.29, 1.82) is 0 Å². The molecule has 1 saturated heterocycles. The van der Waals surface area contributed by atoms with E-state index in [0.717, 1.165) is 44.1 Å². The second-order valence-electron chi connectivity index (χ2n) is 4.93. The third-order valence-corrected chi connectivity index (χ3v) is 3.35. The molecule has 2 N–H and O–H groups in total. The van der Waals surface area contributed by atoms with E-state index >= 15 is 0 Å². The van der Waals surface area contributed by atoms with Crippen molar-refractivity contribution in [3.8, 4) is 0 Å². The van der Waals surface area contributed by atoms with Gasteiger partial charge in [0.15, 0.2) is 0 Å². The van der Waals surface area contributed by atoms with Gasteiger partial charge >= 0.3 is 0 Å². The summed E-state index contributed by atoms with van der Waals surface area (Å²) in [6.07, 6.45) is 2.07. The summed E-state index contributed by atoms with van der Waals surface area (Å²) in [5, 5.41) is 6.04. The van der Waals surface area contributed by atoms with Gasteiger partial charge < -0.3 is 10.6 Å². The number of benzene rings is 1. The highest BCUT2D eigenvalue weighted by Gasteiger charge is 2.15. The molecule has 6 heteroatoms. The van der Waals surface area contributed by atoms with Crippen LogP contribution in [-0.4, -0.2) is 25.5 Å². The second kappa shape index (κ2) is 8.17. The average molecular weight is 305 g/mol. The fourth-order valence-electron chi connectivity index (χ4n) is 2.27. The van der Waals surface area contributed by atoms with Crippen LogP contribution in [0.3, 0.4) is 0 Å². The van der Waals surface area contributed by atoms with Crippen LogP contribution in [0.5, 0.6) is 0 Å². The molecule has 112 valence electrons. The first-order chi connectivity index (χ1) is 9.15. The lowest BCUT2D eigenvalue weighted by molar-refractivity contribution is -0.120. The Labute approximate surface area is 123 Å². The molecular weight excluding hydrogens is 286 g/mol. The quantitative estimate of drug-likeness (QED) is 0.894. The Morgan fingerprint density at radius 3 is 2.90 bits per heavy atom. The number of hydrogen-bond acceptors (Lipinski definition) is 2. The van der Waals surface area contributed by atoms with E-state index in [2.05, 4.69) is 10.6 Å². The van der Waals surface area contributed by atoms with Crippen molar-refractivity contribution in [2.75, 3.05) is 19.6 Å². The Balaban J connectivity index is 0.00000200. The Kier molecular flexibility index (Phi) is 6.88. The minimum absolute atomic E-state index is 0. The van der Waals surface area contributed by atoms with E-state index in [-0.39, 0.29) is 30.3 Å². The topological polar surface area (TPSA) is 41.1 Å². The minimum Gasteiger partial charge on any atom is -0.355 e. The smallest absolute Gasteiger partial charge is 0.224 e. The lowest BCUT2D eigenvalue weighted by Crippen LogP contribution is -2.38. The van der Waals surface area contributed by atoms with Gasteiger partial charge in [-0.25, -0.2) is 8.78 Å². The first kappa shape index (κ1) is 16.9. The van der Waals surface area contributed by atoms with Gasteiger partial charge in [-0.3, -0.25) is 4.79 Å². The van der Waals surface area contributed by atoms with Gasteiger partial charge in [0.1, 0.15) is 11.6 Å². The van der Waals surface area contributed by atoms with Crippen molar-refractivity contribution in [2.45, 2.75) is 19.3 Å². The highest BCUT2D eigenvalue weighted by atomic mass is 35.5. The van der Waals surface area contributed by atoms with Gasteiger partial charge in [-0.2, -0.15) is 0 Å². The molecule has 1 aliphatic rings. The van der Waals surface area contributed by atoms with Crippen molar-refractivity contribution in [3.63, 3.8) is 0 Å². The van der Waals surface area contributed by atoms with Crippen LogP contribution in [0.1, 0.15) is 18.4 Å². The van der Waals surface area contributed by atoms with E-state index in [9.17, 15) is 13.6 Å². The molecular formula is C14H19ClF2N2O. The second-order valence-corrected chi connectivity index (χ2v) is 4.93. The standard InChI is InChI=1S/C14H18F2N2O.ClH/c15-12-3-4-13(16)11(6-12)7-14(19)18-9-10-2-1-5-17-8-10;/h3-4,6,10,17H,1-2,5,7-9H2,(H,18,19);1H. The summed E-state index contributed by atoms with van der Waals surface area (Å²) in [6.45, 7) is 2.51. The number of piperidine rings is 1. The van der Waals surface area contributed by atoms with Crippen LogP contribution in [0.15, 0.2) is 18.2 Å². The summed E-state index contributed by atoms with van der Waals surface area (Å²) in [6, 6.07) is 3.16. The van der Waals surface area contributed by atoms with Crippen LogP contribution >= 0.6 is 12.4 Å². The number of halogens is 3. The Morgan fingerprint density at radius 2 is 2.20 bits per heavy atom. The molecule has 1 aromatic carbocycles. The molecule has 2 rings (SSSR count).